The van der Waals surface area contributed by atoms with Gasteiger partial charge in [0.25, 0.3) is 5.91 Å². The largest absolute Gasteiger partial charge is 0.490 e. The molecule has 1 saturated heterocycles. The first-order valence-electron chi connectivity index (χ1n) is 9.07. The smallest absolute Gasteiger partial charge is 0.270 e. The van der Waals surface area contributed by atoms with Crippen molar-refractivity contribution in [3.05, 3.63) is 54.9 Å². The van der Waals surface area contributed by atoms with Crippen molar-refractivity contribution in [2.45, 2.75) is 20.3 Å². The number of carbonyl (C=O) groups is 1. The van der Waals surface area contributed by atoms with Crippen LogP contribution in [0.1, 0.15) is 25.8 Å². The van der Waals surface area contributed by atoms with Crippen molar-refractivity contribution in [2.24, 2.45) is 0 Å². The van der Waals surface area contributed by atoms with Gasteiger partial charge < -0.3 is 9.47 Å². The van der Waals surface area contributed by atoms with E-state index in [1.54, 1.807) is 4.90 Å². The highest BCUT2D eigenvalue weighted by atomic mass is 127. The van der Waals surface area contributed by atoms with E-state index >= 15 is 0 Å². The minimum Gasteiger partial charge on any atom is -0.490 e. The highest BCUT2D eigenvalue weighted by Gasteiger charge is 2.33. The van der Waals surface area contributed by atoms with Crippen LogP contribution in [0.5, 0.6) is 11.5 Å². The van der Waals surface area contributed by atoms with Crippen LogP contribution in [-0.2, 0) is 4.79 Å². The molecule has 1 aliphatic rings. The van der Waals surface area contributed by atoms with Gasteiger partial charge in [-0.05, 0) is 84.0 Å². The van der Waals surface area contributed by atoms with E-state index in [2.05, 4.69) is 45.4 Å². The lowest BCUT2D eigenvalue weighted by molar-refractivity contribution is -0.113. The van der Waals surface area contributed by atoms with E-state index in [0.29, 0.717) is 28.2 Å². The van der Waals surface area contributed by atoms with Gasteiger partial charge in [0.15, 0.2) is 15.8 Å². The lowest BCUT2D eigenvalue weighted by Gasteiger charge is -2.15. The van der Waals surface area contributed by atoms with E-state index in [0.717, 1.165) is 31.5 Å². The number of ether oxygens (including phenoxy) is 2. The Morgan fingerprint density at radius 2 is 1.93 bits per heavy atom. The van der Waals surface area contributed by atoms with Crippen molar-refractivity contribution in [1.82, 2.24) is 0 Å². The molecule has 0 bridgehead atoms. The molecule has 152 valence electrons. The fourth-order valence-corrected chi connectivity index (χ4v) is 5.05. The first-order valence-corrected chi connectivity index (χ1v) is 12.2. The monoisotopic (exact) mass is 603 g/mol. The van der Waals surface area contributed by atoms with Crippen LogP contribution in [0.15, 0.2) is 45.8 Å². The molecule has 0 aliphatic carbocycles. The third-order valence-electron chi connectivity index (χ3n) is 3.96. The molecular weight excluding hydrogens is 585 g/mol. The summed E-state index contributed by atoms with van der Waals surface area (Å²) in [6.45, 7) is 5.16. The van der Waals surface area contributed by atoms with Gasteiger partial charge in [0.1, 0.15) is 0 Å². The molecule has 2 aromatic carbocycles. The summed E-state index contributed by atoms with van der Waals surface area (Å²) >= 11 is 12.4. The Balaban J connectivity index is 1.92. The molecule has 0 saturated carbocycles. The predicted molar refractivity (Wildman–Crippen MR) is 136 cm³/mol. The SMILES string of the molecule is CCCOc1c(I)cc(/C=C2\SC(=S)N(c3ccc(Br)cc3)C2=O)cc1OCC. The summed E-state index contributed by atoms with van der Waals surface area (Å²) < 4.78 is 14.0. The molecule has 1 fully saturated rings. The Morgan fingerprint density at radius 1 is 1.21 bits per heavy atom. The first kappa shape index (κ1) is 22.6. The number of nitrogens with zero attached hydrogens (tertiary/aromatic N) is 1. The number of thiocarbonyl (C=S) groups is 1. The average molecular weight is 604 g/mol. The van der Waals surface area contributed by atoms with Gasteiger partial charge in [0.2, 0.25) is 0 Å². The molecule has 0 aromatic heterocycles. The molecular formula is C21H19BrINO3S2. The first-order chi connectivity index (χ1) is 13.9. The zero-order chi connectivity index (χ0) is 21.0. The number of benzene rings is 2. The van der Waals surface area contributed by atoms with Crippen molar-refractivity contribution in [3.8, 4) is 11.5 Å². The molecule has 0 N–H and O–H groups in total. The summed E-state index contributed by atoms with van der Waals surface area (Å²) in [4.78, 5) is 15.1. The normalized spacial score (nSPS) is 15.3. The molecule has 0 radical (unpaired) electrons. The van der Waals surface area contributed by atoms with Crippen LogP contribution in [0.4, 0.5) is 5.69 Å². The minimum absolute atomic E-state index is 0.124. The third kappa shape index (κ3) is 5.34. The van der Waals surface area contributed by atoms with Gasteiger partial charge in [-0.2, -0.15) is 0 Å². The molecule has 1 aliphatic heterocycles. The maximum atomic E-state index is 13.0. The average Bonchev–Trinajstić information content (AvgIpc) is 2.95. The molecule has 3 rings (SSSR count). The molecule has 1 amide bonds. The number of halogens is 2. The van der Waals surface area contributed by atoms with Crippen LogP contribution >= 0.6 is 62.5 Å². The van der Waals surface area contributed by atoms with Crippen molar-refractivity contribution in [1.29, 1.82) is 0 Å². The summed E-state index contributed by atoms with van der Waals surface area (Å²) in [5, 5.41) is 0. The Hall–Kier alpha value is -1.10. The maximum Gasteiger partial charge on any atom is 0.270 e. The molecule has 29 heavy (non-hydrogen) atoms. The highest BCUT2D eigenvalue weighted by molar-refractivity contribution is 14.1. The number of amides is 1. The fraction of sp³-hybridized carbons (Fsp3) is 0.238. The number of hydrogen-bond donors (Lipinski definition) is 0. The molecule has 0 atom stereocenters. The standard InChI is InChI=1S/C21H19BrINO3S2/c1-3-9-27-19-16(23)10-13(11-17(19)26-4-2)12-18-20(25)24(21(28)29-18)15-7-5-14(22)6-8-15/h5-8,10-12H,3-4,9H2,1-2H3/b18-12-. The van der Waals surface area contributed by atoms with Gasteiger partial charge in [-0.25, -0.2) is 0 Å². The van der Waals surface area contributed by atoms with Gasteiger partial charge in [-0.3, -0.25) is 9.69 Å². The zero-order valence-electron chi connectivity index (χ0n) is 15.9. The number of rotatable bonds is 7. The van der Waals surface area contributed by atoms with E-state index in [1.165, 1.54) is 11.8 Å². The van der Waals surface area contributed by atoms with Gasteiger partial charge in [0.05, 0.1) is 27.4 Å². The summed E-state index contributed by atoms with van der Waals surface area (Å²) in [7, 11) is 0. The van der Waals surface area contributed by atoms with E-state index < -0.39 is 0 Å². The second-order valence-corrected chi connectivity index (χ2v) is 9.86. The molecule has 4 nitrogen and oxygen atoms in total. The predicted octanol–water partition coefficient (Wildman–Crippen LogP) is 6.65. The van der Waals surface area contributed by atoms with E-state index in [9.17, 15) is 4.79 Å². The summed E-state index contributed by atoms with van der Waals surface area (Å²) in [6.07, 6.45) is 2.77. The Labute approximate surface area is 202 Å². The van der Waals surface area contributed by atoms with Crippen molar-refractivity contribution >= 4 is 84.5 Å². The lowest BCUT2D eigenvalue weighted by Crippen LogP contribution is -2.27. The van der Waals surface area contributed by atoms with Gasteiger partial charge in [-0.1, -0.05) is 46.8 Å². The van der Waals surface area contributed by atoms with Crippen molar-refractivity contribution in [2.75, 3.05) is 18.1 Å². The third-order valence-corrected chi connectivity index (χ3v) is 6.59. The molecule has 0 unspecified atom stereocenters. The number of hydrogen-bond acceptors (Lipinski definition) is 5. The summed E-state index contributed by atoms with van der Waals surface area (Å²) in [5.41, 5.74) is 1.63. The van der Waals surface area contributed by atoms with Crippen LogP contribution < -0.4 is 14.4 Å². The Morgan fingerprint density at radius 3 is 2.59 bits per heavy atom. The van der Waals surface area contributed by atoms with Crippen LogP contribution in [0.25, 0.3) is 6.08 Å². The lowest BCUT2D eigenvalue weighted by atomic mass is 10.1. The zero-order valence-corrected chi connectivity index (χ0v) is 21.3. The van der Waals surface area contributed by atoms with E-state index in [1.807, 2.05) is 49.4 Å². The topological polar surface area (TPSA) is 38.8 Å². The van der Waals surface area contributed by atoms with E-state index in [-0.39, 0.29) is 5.91 Å². The molecule has 2 aromatic rings. The van der Waals surface area contributed by atoms with Gasteiger partial charge in [-0.15, -0.1) is 0 Å². The quantitative estimate of drug-likeness (QED) is 0.201. The summed E-state index contributed by atoms with van der Waals surface area (Å²) in [6, 6.07) is 11.4. The maximum absolute atomic E-state index is 13.0. The van der Waals surface area contributed by atoms with Crippen LogP contribution in [0.3, 0.4) is 0 Å². The second kappa shape index (κ2) is 10.3. The van der Waals surface area contributed by atoms with E-state index in [4.69, 9.17) is 21.7 Å². The molecule has 8 heteroatoms. The fourth-order valence-electron chi connectivity index (χ4n) is 2.71. The van der Waals surface area contributed by atoms with Gasteiger partial charge in [0, 0.05) is 4.47 Å². The van der Waals surface area contributed by atoms with Gasteiger partial charge >= 0.3 is 0 Å². The number of thioether (sulfide) groups is 1. The van der Waals surface area contributed by atoms with Crippen molar-refractivity contribution < 1.29 is 14.3 Å². The number of carbonyl (C=O) groups excluding carboxylic acids is 1. The molecule has 0 spiro atoms. The van der Waals surface area contributed by atoms with Crippen molar-refractivity contribution in [3.63, 3.8) is 0 Å². The van der Waals surface area contributed by atoms with Crippen LogP contribution in [0, 0.1) is 3.57 Å². The molecule has 1 heterocycles. The number of anilines is 1. The van der Waals surface area contributed by atoms with Crippen LogP contribution in [0.2, 0.25) is 0 Å². The highest BCUT2D eigenvalue weighted by Crippen LogP contribution is 2.39. The summed E-state index contributed by atoms with van der Waals surface area (Å²) in [5.74, 6) is 1.30. The minimum atomic E-state index is -0.124. The second-order valence-electron chi connectivity index (χ2n) is 6.10. The Kier molecular flexibility index (Phi) is 8.00. The van der Waals surface area contributed by atoms with Crippen LogP contribution in [-0.4, -0.2) is 23.4 Å². The Bertz CT molecular complexity index is 963.